The van der Waals surface area contributed by atoms with E-state index in [1.165, 1.54) is 6.33 Å². The van der Waals surface area contributed by atoms with Crippen molar-refractivity contribution in [3.63, 3.8) is 0 Å². The second-order valence-corrected chi connectivity index (χ2v) is 4.35. The maximum Gasteiger partial charge on any atom is 0.224 e. The first-order chi connectivity index (χ1) is 9.81. The Morgan fingerprint density at radius 3 is 2.90 bits per heavy atom. The van der Waals surface area contributed by atoms with Gasteiger partial charge in [0.1, 0.15) is 17.9 Å². The van der Waals surface area contributed by atoms with Crippen molar-refractivity contribution in [2.24, 2.45) is 0 Å². The Balaban J connectivity index is 2.07. The molecule has 20 heavy (non-hydrogen) atoms. The first-order valence-corrected chi connectivity index (χ1v) is 6.63. The van der Waals surface area contributed by atoms with Crippen LogP contribution in [0.5, 0.6) is 11.6 Å². The predicted octanol–water partition coefficient (Wildman–Crippen LogP) is 3.24. The maximum atomic E-state index is 5.74. The van der Waals surface area contributed by atoms with Gasteiger partial charge in [-0.1, -0.05) is 19.1 Å². The van der Waals surface area contributed by atoms with Crippen LogP contribution in [-0.2, 0) is 11.3 Å². The van der Waals surface area contributed by atoms with Gasteiger partial charge in [0.15, 0.2) is 0 Å². The molecule has 1 aromatic heterocycles. The van der Waals surface area contributed by atoms with Gasteiger partial charge in [0, 0.05) is 19.7 Å². The van der Waals surface area contributed by atoms with E-state index in [-0.39, 0.29) is 0 Å². The summed E-state index contributed by atoms with van der Waals surface area (Å²) in [5, 5.41) is 3.20. The van der Waals surface area contributed by atoms with E-state index in [0.717, 1.165) is 30.1 Å². The summed E-state index contributed by atoms with van der Waals surface area (Å²) in [6, 6.07) is 9.54. The lowest BCUT2D eigenvalue weighted by Gasteiger charge is -2.08. The average Bonchev–Trinajstić information content (AvgIpc) is 2.46. The van der Waals surface area contributed by atoms with Gasteiger partial charge >= 0.3 is 0 Å². The molecule has 0 amide bonds. The molecule has 2 aromatic rings. The van der Waals surface area contributed by atoms with Gasteiger partial charge in [0.25, 0.3) is 0 Å². The van der Waals surface area contributed by atoms with Crippen LogP contribution < -0.4 is 10.1 Å². The fourth-order valence-corrected chi connectivity index (χ4v) is 1.73. The van der Waals surface area contributed by atoms with Crippen LogP contribution in [0, 0.1) is 0 Å². The number of anilines is 1. The molecule has 5 nitrogen and oxygen atoms in total. The molecule has 1 heterocycles. The number of aromatic nitrogens is 2. The quantitative estimate of drug-likeness (QED) is 0.839. The molecule has 0 aliphatic rings. The largest absolute Gasteiger partial charge is 0.439 e. The van der Waals surface area contributed by atoms with Crippen molar-refractivity contribution < 1.29 is 9.47 Å². The van der Waals surface area contributed by atoms with Gasteiger partial charge in [-0.05, 0) is 24.1 Å². The van der Waals surface area contributed by atoms with Gasteiger partial charge in [-0.3, -0.25) is 0 Å². The molecular formula is C15H19N3O2. The molecule has 0 aliphatic carbocycles. The zero-order valence-electron chi connectivity index (χ0n) is 11.8. The number of nitrogens with one attached hydrogen (secondary N) is 1. The first-order valence-electron chi connectivity index (χ1n) is 6.63. The smallest absolute Gasteiger partial charge is 0.224 e. The standard InChI is InChI=1S/C15H19N3O2/c1-3-7-16-14-9-15(18-11-17-14)20-13-6-4-5-12(8-13)10-19-2/h4-6,8-9,11H,3,7,10H2,1-2H3,(H,16,17,18). The van der Waals surface area contributed by atoms with Crippen molar-refractivity contribution >= 4 is 5.82 Å². The monoisotopic (exact) mass is 273 g/mol. The van der Waals surface area contributed by atoms with E-state index >= 15 is 0 Å². The van der Waals surface area contributed by atoms with Crippen LogP contribution in [-0.4, -0.2) is 23.6 Å². The van der Waals surface area contributed by atoms with E-state index in [1.807, 2.05) is 24.3 Å². The highest BCUT2D eigenvalue weighted by molar-refractivity contribution is 5.39. The molecule has 0 atom stereocenters. The lowest BCUT2D eigenvalue weighted by Crippen LogP contribution is -2.02. The van der Waals surface area contributed by atoms with Gasteiger partial charge in [-0.2, -0.15) is 0 Å². The lowest BCUT2D eigenvalue weighted by atomic mass is 10.2. The first kappa shape index (κ1) is 14.3. The van der Waals surface area contributed by atoms with Crippen LogP contribution in [0.15, 0.2) is 36.7 Å². The van der Waals surface area contributed by atoms with Crippen LogP contribution in [0.4, 0.5) is 5.82 Å². The minimum Gasteiger partial charge on any atom is -0.439 e. The van der Waals surface area contributed by atoms with Crippen molar-refractivity contribution in [1.82, 2.24) is 9.97 Å². The van der Waals surface area contributed by atoms with Crippen molar-refractivity contribution in [2.75, 3.05) is 19.0 Å². The number of benzene rings is 1. The second-order valence-electron chi connectivity index (χ2n) is 4.35. The minimum absolute atomic E-state index is 0.521. The molecule has 106 valence electrons. The molecule has 5 heteroatoms. The summed E-state index contributed by atoms with van der Waals surface area (Å²) in [4.78, 5) is 8.26. The molecule has 0 bridgehead atoms. The Morgan fingerprint density at radius 2 is 2.10 bits per heavy atom. The van der Waals surface area contributed by atoms with Gasteiger partial charge in [0.2, 0.25) is 5.88 Å². The third-order valence-corrected chi connectivity index (χ3v) is 2.63. The summed E-state index contributed by atoms with van der Waals surface area (Å²) >= 11 is 0. The van der Waals surface area contributed by atoms with E-state index in [2.05, 4.69) is 22.2 Å². The number of hydrogen-bond acceptors (Lipinski definition) is 5. The van der Waals surface area contributed by atoms with Gasteiger partial charge < -0.3 is 14.8 Å². The molecule has 2 rings (SSSR count). The topological polar surface area (TPSA) is 56.3 Å². The maximum absolute atomic E-state index is 5.74. The van der Waals surface area contributed by atoms with Gasteiger partial charge in [-0.25, -0.2) is 9.97 Å². The van der Waals surface area contributed by atoms with Crippen molar-refractivity contribution in [1.29, 1.82) is 0 Å². The summed E-state index contributed by atoms with van der Waals surface area (Å²) < 4.78 is 10.8. The molecule has 1 N–H and O–H groups in total. The molecule has 1 aromatic carbocycles. The highest BCUT2D eigenvalue weighted by Crippen LogP contribution is 2.21. The van der Waals surface area contributed by atoms with Crippen molar-refractivity contribution in [2.45, 2.75) is 20.0 Å². The van der Waals surface area contributed by atoms with Crippen molar-refractivity contribution in [3.8, 4) is 11.6 Å². The Bertz CT molecular complexity index is 546. The highest BCUT2D eigenvalue weighted by Gasteiger charge is 2.02. The summed E-state index contributed by atoms with van der Waals surface area (Å²) in [6.45, 7) is 3.54. The Labute approximate surface area is 119 Å². The van der Waals surface area contributed by atoms with E-state index in [9.17, 15) is 0 Å². The molecule has 0 radical (unpaired) electrons. The van der Waals surface area contributed by atoms with Crippen molar-refractivity contribution in [3.05, 3.63) is 42.2 Å². The number of methoxy groups -OCH3 is 1. The normalized spacial score (nSPS) is 10.3. The third-order valence-electron chi connectivity index (χ3n) is 2.63. The van der Waals surface area contributed by atoms with Crippen LogP contribution >= 0.6 is 0 Å². The fraction of sp³-hybridized carbons (Fsp3) is 0.333. The highest BCUT2D eigenvalue weighted by atomic mass is 16.5. The molecule has 0 saturated heterocycles. The molecule has 0 aliphatic heterocycles. The zero-order valence-corrected chi connectivity index (χ0v) is 11.8. The molecule has 0 unspecified atom stereocenters. The zero-order chi connectivity index (χ0) is 14.2. The van der Waals surface area contributed by atoms with E-state index in [0.29, 0.717) is 12.5 Å². The van der Waals surface area contributed by atoms with Crippen LogP contribution in [0.2, 0.25) is 0 Å². The predicted molar refractivity (Wildman–Crippen MR) is 78.0 cm³/mol. The fourth-order valence-electron chi connectivity index (χ4n) is 1.73. The summed E-state index contributed by atoms with van der Waals surface area (Å²) in [5.41, 5.74) is 1.06. The molecule has 0 spiro atoms. The van der Waals surface area contributed by atoms with E-state index in [4.69, 9.17) is 9.47 Å². The van der Waals surface area contributed by atoms with Gasteiger partial charge in [-0.15, -0.1) is 0 Å². The van der Waals surface area contributed by atoms with Crippen LogP contribution in [0.25, 0.3) is 0 Å². The molecule has 0 fully saturated rings. The van der Waals surface area contributed by atoms with E-state index in [1.54, 1.807) is 13.2 Å². The molecular weight excluding hydrogens is 254 g/mol. The third kappa shape index (κ3) is 4.20. The molecule has 0 saturated carbocycles. The summed E-state index contributed by atoms with van der Waals surface area (Å²) in [7, 11) is 1.67. The minimum atomic E-state index is 0.521. The van der Waals surface area contributed by atoms with Crippen LogP contribution in [0.3, 0.4) is 0 Å². The Hall–Kier alpha value is -2.14. The number of rotatable bonds is 7. The van der Waals surface area contributed by atoms with Crippen LogP contribution in [0.1, 0.15) is 18.9 Å². The Morgan fingerprint density at radius 1 is 1.20 bits per heavy atom. The summed E-state index contributed by atoms with van der Waals surface area (Å²) in [5.74, 6) is 2.03. The Kier molecular flexibility index (Phi) is 5.32. The van der Waals surface area contributed by atoms with Gasteiger partial charge in [0.05, 0.1) is 6.61 Å². The number of ether oxygens (including phenoxy) is 2. The second kappa shape index (κ2) is 7.45. The SMILES string of the molecule is CCCNc1cc(Oc2cccc(COC)c2)ncn1. The number of nitrogens with zero attached hydrogens (tertiary/aromatic N) is 2. The average molecular weight is 273 g/mol. The number of hydrogen-bond donors (Lipinski definition) is 1. The van der Waals surface area contributed by atoms with E-state index < -0.39 is 0 Å². The summed E-state index contributed by atoms with van der Waals surface area (Å²) in [6.07, 6.45) is 2.53. The lowest BCUT2D eigenvalue weighted by molar-refractivity contribution is 0.184.